The summed E-state index contributed by atoms with van der Waals surface area (Å²) in [6.07, 6.45) is 12.3. The lowest BCUT2D eigenvalue weighted by Gasteiger charge is -2.52. The number of hydrogen-bond acceptors (Lipinski definition) is 10. The molecule has 6 aliphatic carbocycles. The van der Waals surface area contributed by atoms with E-state index in [1.54, 1.807) is 26.0 Å². The fourth-order valence-corrected chi connectivity index (χ4v) is 26.4. The van der Waals surface area contributed by atoms with E-state index in [0.29, 0.717) is 30.5 Å². The normalized spacial score (nSPS) is 20.0. The molecule has 0 unspecified atom stereocenters. The van der Waals surface area contributed by atoms with E-state index >= 15 is 0 Å². The first-order chi connectivity index (χ1) is 54.9. The monoisotopic (exact) mass is 1570 g/mol. The highest BCUT2D eigenvalue weighted by Gasteiger charge is 2.57. The van der Waals surface area contributed by atoms with Gasteiger partial charge in [0.25, 0.3) is 0 Å². The van der Waals surface area contributed by atoms with Crippen LogP contribution in [0, 0.1) is 67.1 Å². The Morgan fingerprint density at radius 2 is 0.707 bits per heavy atom. The van der Waals surface area contributed by atoms with E-state index in [0.717, 1.165) is 128 Å². The average Bonchev–Trinajstić information content (AvgIpc) is 1.54. The Labute approximate surface area is 694 Å². The van der Waals surface area contributed by atoms with Crippen molar-refractivity contribution in [3.8, 4) is 84.4 Å². The van der Waals surface area contributed by atoms with E-state index in [-0.39, 0.29) is 48.7 Å². The maximum Gasteiger partial charge on any atom is 0.130 e. The first-order valence-corrected chi connectivity index (χ1v) is 43.9. The Hall–Kier alpha value is -8.93. The summed E-state index contributed by atoms with van der Waals surface area (Å²) >= 11 is 1.75. The SMILES string of the molecule is COc1ccc(-c2cc3c(O)cc4c(c3cc2N2CCOCC2)-c2ccc(C)cc2C42CC(C)(C)CC(C)(C)C2)c(OC)c1.CSc1cc2c(O)cc3c(c2cc1C)-c1ccc(C)cc1C31CC(C)(C)CC(C)(C)C1.Cc1ccc2c(c1)C1(CC(C)(C)CC(C)(C)C1)c1cc(O)c3cc(-c4ccc(N5CCOCC5)cc4)c(C)cc3c1-2. The Morgan fingerprint density at radius 1 is 0.336 bits per heavy atom. The predicted molar refractivity (Wildman–Crippen MR) is 485 cm³/mol. The molecule has 0 radical (unpaired) electrons. The molecule has 0 atom stereocenters. The third kappa shape index (κ3) is 13.6. The van der Waals surface area contributed by atoms with Crippen LogP contribution in [-0.4, -0.2) is 88.4 Å². The quantitative estimate of drug-likeness (QED) is 0.134. The number of ether oxygens (including phenoxy) is 4. The van der Waals surface area contributed by atoms with Gasteiger partial charge >= 0.3 is 0 Å². The second-order valence-electron chi connectivity index (χ2n) is 41.2. The van der Waals surface area contributed by atoms with Crippen molar-refractivity contribution in [2.75, 3.05) is 82.9 Å². The van der Waals surface area contributed by atoms with Gasteiger partial charge in [-0.1, -0.05) is 173 Å². The van der Waals surface area contributed by atoms with Gasteiger partial charge in [-0.15, -0.1) is 11.8 Å². The molecule has 3 saturated carbocycles. The van der Waals surface area contributed by atoms with Crippen LogP contribution in [0.4, 0.5) is 11.4 Å². The van der Waals surface area contributed by atoms with E-state index in [1.165, 1.54) is 146 Å². The molecule has 8 aliphatic rings. The molecule has 2 aliphatic heterocycles. The third-order valence-corrected chi connectivity index (χ3v) is 28.8. The maximum absolute atomic E-state index is 11.9. The summed E-state index contributed by atoms with van der Waals surface area (Å²) in [5.74, 6) is 2.65. The summed E-state index contributed by atoms with van der Waals surface area (Å²) in [7, 11) is 3.37. The molecule has 0 amide bonds. The van der Waals surface area contributed by atoms with E-state index in [1.807, 2.05) is 12.1 Å². The molecular weight excluding hydrogens is 1450 g/mol. The molecule has 3 N–H and O–H groups in total. The van der Waals surface area contributed by atoms with Gasteiger partial charge < -0.3 is 44.1 Å². The Balaban J connectivity index is 0.000000127. The van der Waals surface area contributed by atoms with Gasteiger partial charge in [0.05, 0.1) is 40.6 Å². The average molecular weight is 1570 g/mol. The highest BCUT2D eigenvalue weighted by molar-refractivity contribution is 7.98. The van der Waals surface area contributed by atoms with Gasteiger partial charge in [0.15, 0.2) is 0 Å². The topological polar surface area (TPSA) is 104 Å². The molecular formula is C106H122N2O7S. The molecule has 11 aromatic rings. The summed E-state index contributed by atoms with van der Waals surface area (Å²) in [4.78, 5) is 6.05. The standard InChI is InChI=1S/C39H45NO4.C38H43NO2.C29H34OS/c1-24-8-10-27-31(16-24)39(22-37(2,3)21-38(4,5)23-39)32-20-34(41)29-18-28(26-11-9-25(42-6)17-35(26)43-7)33(19-30(29)36(27)32)40-12-14-44-15-13-40;1-24-7-12-28-32(17-24)38(22-36(3,4)21-37(5,6)23-38)33-20-34(40)30-19-29(25(2)18-31(30)35(28)33)26-8-10-27(11-9-26)39-13-15-41-16-14-39;1-17-8-9-19-22(10-17)29(15-27(3,4)14-28(5,6)16-29)23-13-24(30)20-12-25(31-7)18(2)11-21(20)26(19)23/h8-11,16-20,41H,12-15,21-23H2,1-7H3;7-12,17-20,40H,13-16,21-23H2,1-6H3;8-13,30H,14-16H2,1-7H3. The lowest BCUT2D eigenvalue weighted by Crippen LogP contribution is -2.44. The number of rotatable bonds is 7. The number of nitrogens with zero attached hydrogens (tertiary/aromatic N) is 2. The first-order valence-electron chi connectivity index (χ1n) is 42.7. The number of hydrogen-bond donors (Lipinski definition) is 3. The number of aryl methyl sites for hydroxylation is 5. The van der Waals surface area contributed by atoms with Gasteiger partial charge in [-0.05, 0) is 309 Å². The largest absolute Gasteiger partial charge is 0.507 e. The van der Waals surface area contributed by atoms with Gasteiger partial charge in [-0.2, -0.15) is 0 Å². The third-order valence-electron chi connectivity index (χ3n) is 27.9. The van der Waals surface area contributed by atoms with E-state index in [9.17, 15) is 15.3 Å². The minimum absolute atomic E-state index is 0.0420. The van der Waals surface area contributed by atoms with E-state index in [2.05, 4.69) is 273 Å². The summed E-state index contributed by atoms with van der Waals surface area (Å²) < 4.78 is 22.7. The summed E-state index contributed by atoms with van der Waals surface area (Å²) in [5, 5.41) is 41.2. The second kappa shape index (κ2) is 28.4. The number of anilines is 2. The number of methoxy groups -OCH3 is 2. The van der Waals surface area contributed by atoms with Crippen LogP contribution in [0.25, 0.3) is 88.0 Å². The number of phenolic OH excluding ortho intramolecular Hbond substituents is 3. The second-order valence-corrected chi connectivity index (χ2v) is 42.1. The van der Waals surface area contributed by atoms with Crippen molar-refractivity contribution in [1.29, 1.82) is 0 Å². The molecule has 10 heteroatoms. The summed E-state index contributed by atoms with van der Waals surface area (Å²) in [6, 6.07) is 55.8. The van der Waals surface area contributed by atoms with Crippen LogP contribution >= 0.6 is 11.8 Å². The zero-order valence-electron chi connectivity index (χ0n) is 72.7. The maximum atomic E-state index is 11.9. The molecule has 19 rings (SSSR count). The first kappa shape index (κ1) is 79.5. The van der Waals surface area contributed by atoms with E-state index < -0.39 is 0 Å². The van der Waals surface area contributed by atoms with Crippen molar-refractivity contribution in [3.63, 3.8) is 0 Å². The van der Waals surface area contributed by atoms with Gasteiger partial charge in [0, 0.05) is 92.0 Å². The van der Waals surface area contributed by atoms with Gasteiger partial charge in [-0.3, -0.25) is 0 Å². The number of phenols is 3. The number of morpholine rings is 2. The zero-order chi connectivity index (χ0) is 82.1. The fourth-order valence-electron chi connectivity index (χ4n) is 25.8. The number of fused-ring (bicyclic) bond motifs is 21. The van der Waals surface area contributed by atoms with Crippen molar-refractivity contribution in [2.45, 2.75) is 197 Å². The van der Waals surface area contributed by atoms with Crippen LogP contribution in [-0.2, 0) is 25.7 Å². The molecule has 5 fully saturated rings. The van der Waals surface area contributed by atoms with E-state index in [4.69, 9.17) is 18.9 Å². The van der Waals surface area contributed by atoms with Crippen LogP contribution in [0.15, 0.2) is 157 Å². The molecule has 0 aromatic heterocycles. The van der Waals surface area contributed by atoms with Crippen molar-refractivity contribution in [1.82, 2.24) is 0 Å². The summed E-state index contributed by atoms with van der Waals surface area (Å²) in [6.45, 7) is 46.6. The highest BCUT2D eigenvalue weighted by atomic mass is 32.2. The van der Waals surface area contributed by atoms with Crippen molar-refractivity contribution in [3.05, 3.63) is 213 Å². The lowest BCUT2D eigenvalue weighted by atomic mass is 9.52. The van der Waals surface area contributed by atoms with Gasteiger partial charge in [-0.25, -0.2) is 0 Å². The van der Waals surface area contributed by atoms with Crippen molar-refractivity contribution >= 4 is 55.5 Å². The zero-order valence-corrected chi connectivity index (χ0v) is 73.5. The molecule has 11 aromatic carbocycles. The van der Waals surface area contributed by atoms with Crippen LogP contribution < -0.4 is 19.3 Å². The van der Waals surface area contributed by atoms with Crippen LogP contribution in [0.1, 0.15) is 202 Å². The van der Waals surface area contributed by atoms with Gasteiger partial charge in [0.1, 0.15) is 28.7 Å². The molecule has 9 nitrogen and oxygen atoms in total. The lowest BCUT2D eigenvalue weighted by molar-refractivity contribution is 0.0641. The Morgan fingerprint density at radius 3 is 1.10 bits per heavy atom. The fraction of sp³-hybridized carbons (Fsp3) is 0.434. The highest BCUT2D eigenvalue weighted by Crippen LogP contribution is 2.69. The molecule has 604 valence electrons. The molecule has 0 bridgehead atoms. The van der Waals surface area contributed by atoms with Crippen molar-refractivity contribution < 1.29 is 34.3 Å². The molecule has 3 spiro atoms. The number of aromatic hydroxyl groups is 3. The molecule has 2 saturated heterocycles. The Kier molecular flexibility index (Phi) is 19.5. The van der Waals surface area contributed by atoms with Crippen molar-refractivity contribution in [2.24, 2.45) is 32.5 Å². The minimum Gasteiger partial charge on any atom is -0.507 e. The minimum atomic E-state index is -0.148. The summed E-state index contributed by atoms with van der Waals surface area (Å²) in [5.41, 5.74) is 30.5. The number of benzene rings is 11. The predicted octanol–water partition coefficient (Wildman–Crippen LogP) is 26.4. The van der Waals surface area contributed by atoms with Crippen LogP contribution in [0.2, 0.25) is 0 Å². The molecule has 2 heterocycles. The van der Waals surface area contributed by atoms with Gasteiger partial charge in [0.2, 0.25) is 0 Å². The Bertz CT molecular complexity index is 5750. The number of thioether (sulfide) groups is 1. The van der Waals surface area contributed by atoms with Crippen LogP contribution in [0.3, 0.4) is 0 Å². The van der Waals surface area contributed by atoms with Crippen LogP contribution in [0.5, 0.6) is 28.7 Å². The smallest absolute Gasteiger partial charge is 0.130 e. The molecule has 116 heavy (non-hydrogen) atoms.